The van der Waals surface area contributed by atoms with Gasteiger partial charge in [-0.1, -0.05) is 30.3 Å². The summed E-state index contributed by atoms with van der Waals surface area (Å²) in [6.07, 6.45) is 2.54. The summed E-state index contributed by atoms with van der Waals surface area (Å²) in [6, 6.07) is 18.3. The highest BCUT2D eigenvalue weighted by molar-refractivity contribution is 5.81. The summed E-state index contributed by atoms with van der Waals surface area (Å²) in [5.41, 5.74) is 11.3. The Morgan fingerprint density at radius 2 is 1.73 bits per heavy atom. The maximum atomic E-state index is 5.95. The van der Waals surface area contributed by atoms with Gasteiger partial charge in [-0.15, -0.1) is 0 Å². The number of aromatic nitrogens is 4. The number of benzene rings is 1. The molecule has 0 saturated carbocycles. The van der Waals surface area contributed by atoms with Crippen LogP contribution in [0.3, 0.4) is 0 Å². The van der Waals surface area contributed by atoms with Gasteiger partial charge in [-0.05, 0) is 29.8 Å². The molecule has 0 radical (unpaired) electrons. The van der Waals surface area contributed by atoms with E-state index in [4.69, 9.17) is 10.7 Å². The third kappa shape index (κ3) is 3.79. The average Bonchev–Trinajstić information content (AvgIpc) is 2.80. The lowest BCUT2D eigenvalue weighted by Gasteiger charge is -2.28. The molecule has 0 aliphatic carbocycles. The van der Waals surface area contributed by atoms with Gasteiger partial charge in [0.2, 0.25) is 5.95 Å². The van der Waals surface area contributed by atoms with Crippen LogP contribution in [-0.2, 0) is 6.42 Å². The van der Waals surface area contributed by atoms with Crippen LogP contribution in [0.2, 0.25) is 0 Å². The van der Waals surface area contributed by atoms with Crippen molar-refractivity contribution in [2.75, 3.05) is 36.8 Å². The Bertz CT molecular complexity index is 1150. The van der Waals surface area contributed by atoms with Gasteiger partial charge in [0, 0.05) is 44.4 Å². The summed E-state index contributed by atoms with van der Waals surface area (Å²) in [4.78, 5) is 20.7. The Morgan fingerprint density at radius 1 is 0.900 bits per heavy atom. The second kappa shape index (κ2) is 8.04. The average molecular weight is 397 g/mol. The molecule has 1 aromatic carbocycles. The normalized spacial score (nSPS) is 14.2. The number of pyridine rings is 2. The van der Waals surface area contributed by atoms with Crippen LogP contribution in [0, 0.1) is 0 Å². The molecular formula is C23H23N7. The van der Waals surface area contributed by atoms with E-state index in [0.717, 1.165) is 65.5 Å². The molecule has 1 aliphatic heterocycles. The topological polar surface area (TPSA) is 92.8 Å². The molecule has 0 amide bonds. The van der Waals surface area contributed by atoms with Crippen LogP contribution >= 0.6 is 0 Å². The SMILES string of the molecule is Nc1nc(Cc2ccccc2)c2nc(-c3ccc(N4CCNCC4)nc3)ccc2n1. The molecule has 30 heavy (non-hydrogen) atoms. The predicted octanol–water partition coefficient (Wildman–Crippen LogP) is 2.67. The Balaban J connectivity index is 1.49. The van der Waals surface area contributed by atoms with Crippen molar-refractivity contribution in [3.05, 3.63) is 72.1 Å². The van der Waals surface area contributed by atoms with Crippen LogP contribution in [0.1, 0.15) is 11.3 Å². The van der Waals surface area contributed by atoms with E-state index < -0.39 is 0 Å². The van der Waals surface area contributed by atoms with Gasteiger partial charge >= 0.3 is 0 Å². The number of nitrogens with zero attached hydrogens (tertiary/aromatic N) is 5. The molecule has 3 N–H and O–H groups in total. The van der Waals surface area contributed by atoms with E-state index in [1.54, 1.807) is 0 Å². The van der Waals surface area contributed by atoms with Gasteiger partial charge in [0.25, 0.3) is 0 Å². The number of anilines is 2. The third-order valence-corrected chi connectivity index (χ3v) is 5.33. The Morgan fingerprint density at radius 3 is 2.50 bits per heavy atom. The van der Waals surface area contributed by atoms with Gasteiger partial charge in [0.15, 0.2) is 0 Å². The second-order valence-corrected chi connectivity index (χ2v) is 7.40. The van der Waals surface area contributed by atoms with Gasteiger partial charge in [-0.2, -0.15) is 0 Å². The first-order chi connectivity index (χ1) is 14.8. The largest absolute Gasteiger partial charge is 0.368 e. The lowest BCUT2D eigenvalue weighted by molar-refractivity contribution is 0.585. The first-order valence-corrected chi connectivity index (χ1v) is 10.2. The van der Waals surface area contributed by atoms with Crippen LogP contribution in [0.5, 0.6) is 0 Å². The maximum absolute atomic E-state index is 5.95. The zero-order valence-electron chi connectivity index (χ0n) is 16.6. The van der Waals surface area contributed by atoms with Crippen molar-refractivity contribution >= 4 is 22.8 Å². The summed E-state index contributed by atoms with van der Waals surface area (Å²) in [7, 11) is 0. The molecule has 0 atom stereocenters. The summed E-state index contributed by atoms with van der Waals surface area (Å²) in [6.45, 7) is 3.93. The highest BCUT2D eigenvalue weighted by Crippen LogP contribution is 2.24. The number of nitrogens with two attached hydrogens (primary N) is 1. The predicted molar refractivity (Wildman–Crippen MR) is 119 cm³/mol. The van der Waals surface area contributed by atoms with Crippen molar-refractivity contribution in [1.82, 2.24) is 25.3 Å². The Hall–Kier alpha value is -3.58. The van der Waals surface area contributed by atoms with E-state index in [2.05, 4.69) is 49.4 Å². The van der Waals surface area contributed by atoms with E-state index in [1.165, 1.54) is 0 Å². The second-order valence-electron chi connectivity index (χ2n) is 7.40. The molecule has 0 bridgehead atoms. The monoisotopic (exact) mass is 397 g/mol. The highest BCUT2D eigenvalue weighted by atomic mass is 15.2. The van der Waals surface area contributed by atoms with Crippen LogP contribution < -0.4 is 16.0 Å². The van der Waals surface area contributed by atoms with Crippen molar-refractivity contribution in [1.29, 1.82) is 0 Å². The third-order valence-electron chi connectivity index (χ3n) is 5.33. The van der Waals surface area contributed by atoms with Gasteiger partial charge in [-0.3, -0.25) is 0 Å². The van der Waals surface area contributed by atoms with Crippen molar-refractivity contribution in [3.8, 4) is 11.3 Å². The number of fused-ring (bicyclic) bond motifs is 1. The molecule has 3 aromatic heterocycles. The molecule has 5 rings (SSSR count). The van der Waals surface area contributed by atoms with E-state index in [-0.39, 0.29) is 5.95 Å². The highest BCUT2D eigenvalue weighted by Gasteiger charge is 2.13. The minimum absolute atomic E-state index is 0.269. The molecule has 1 fully saturated rings. The Kier molecular flexibility index (Phi) is 4.94. The number of hydrogen-bond donors (Lipinski definition) is 2. The first-order valence-electron chi connectivity index (χ1n) is 10.2. The van der Waals surface area contributed by atoms with E-state index in [9.17, 15) is 0 Å². The van der Waals surface area contributed by atoms with E-state index in [1.807, 2.05) is 36.5 Å². The molecule has 1 aliphatic rings. The van der Waals surface area contributed by atoms with Gasteiger partial charge in [0.1, 0.15) is 11.3 Å². The van der Waals surface area contributed by atoms with Gasteiger partial charge in [-0.25, -0.2) is 19.9 Å². The molecule has 7 nitrogen and oxygen atoms in total. The van der Waals surface area contributed by atoms with Gasteiger partial charge in [0.05, 0.1) is 16.9 Å². The molecular weight excluding hydrogens is 374 g/mol. The lowest BCUT2D eigenvalue weighted by atomic mass is 10.1. The van der Waals surface area contributed by atoms with Crippen LogP contribution in [0.25, 0.3) is 22.3 Å². The molecule has 4 aromatic rings. The minimum Gasteiger partial charge on any atom is -0.368 e. The van der Waals surface area contributed by atoms with Crippen molar-refractivity contribution < 1.29 is 0 Å². The number of nitrogen functional groups attached to an aromatic ring is 1. The number of hydrogen-bond acceptors (Lipinski definition) is 7. The number of nitrogens with one attached hydrogen (secondary N) is 1. The smallest absolute Gasteiger partial charge is 0.220 e. The zero-order valence-corrected chi connectivity index (χ0v) is 16.6. The molecule has 4 heterocycles. The lowest BCUT2D eigenvalue weighted by Crippen LogP contribution is -2.43. The van der Waals surface area contributed by atoms with E-state index in [0.29, 0.717) is 6.42 Å². The summed E-state index contributed by atoms with van der Waals surface area (Å²) in [5.74, 6) is 1.27. The van der Waals surface area contributed by atoms with Crippen molar-refractivity contribution in [2.24, 2.45) is 0 Å². The number of rotatable bonds is 4. The van der Waals surface area contributed by atoms with Crippen LogP contribution in [0.15, 0.2) is 60.8 Å². The zero-order chi connectivity index (χ0) is 20.3. The van der Waals surface area contributed by atoms with E-state index >= 15 is 0 Å². The maximum Gasteiger partial charge on any atom is 0.220 e. The molecule has 7 heteroatoms. The van der Waals surface area contributed by atoms with Crippen molar-refractivity contribution in [3.63, 3.8) is 0 Å². The Labute approximate surface area is 175 Å². The standard InChI is InChI=1S/C23H23N7/c24-23-28-19-8-7-18(17-6-9-21(26-15-17)30-12-10-25-11-13-30)27-22(19)20(29-23)14-16-4-2-1-3-5-16/h1-9,15,25H,10-14H2,(H2,24,28,29). The van der Waals surface area contributed by atoms with Crippen LogP contribution in [-0.4, -0.2) is 46.1 Å². The fourth-order valence-electron chi connectivity index (χ4n) is 3.79. The minimum atomic E-state index is 0.269. The van der Waals surface area contributed by atoms with Crippen molar-refractivity contribution in [2.45, 2.75) is 6.42 Å². The summed E-state index contributed by atoms with van der Waals surface area (Å²) < 4.78 is 0. The fourth-order valence-corrected chi connectivity index (χ4v) is 3.79. The number of piperazine rings is 1. The quantitative estimate of drug-likeness (QED) is 0.547. The molecule has 0 unspecified atom stereocenters. The summed E-state index contributed by atoms with van der Waals surface area (Å²) in [5, 5.41) is 3.37. The fraction of sp³-hybridized carbons (Fsp3) is 0.217. The molecule has 150 valence electrons. The summed E-state index contributed by atoms with van der Waals surface area (Å²) >= 11 is 0. The first kappa shape index (κ1) is 18.4. The van der Waals surface area contributed by atoms with Gasteiger partial charge < -0.3 is 16.0 Å². The van der Waals surface area contributed by atoms with Crippen LogP contribution in [0.4, 0.5) is 11.8 Å². The molecule has 0 spiro atoms. The molecule has 1 saturated heterocycles.